The summed E-state index contributed by atoms with van der Waals surface area (Å²) in [6.07, 6.45) is 5.65. The number of hydrogen-bond donors (Lipinski definition) is 3. The van der Waals surface area contributed by atoms with Crippen LogP contribution in [0.1, 0.15) is 93.4 Å². The SMILES string of the molecule is C.CCCCCC(=O)N(CCN(CC(=O)O)CC(=O)O)CC(=O)O.CCCCCC(=O)N(CCN(CC(=O)OCC)CC(=O)OCC)CC(=O)OCC. The Bertz CT molecular complexity index is 1070. The summed E-state index contributed by atoms with van der Waals surface area (Å²) in [5, 5.41) is 26.4. The number of hydrogen-bond acceptors (Lipinski definition) is 13. The minimum absolute atomic E-state index is 0. The van der Waals surface area contributed by atoms with E-state index >= 15 is 0 Å². The van der Waals surface area contributed by atoms with Crippen LogP contribution in [0.15, 0.2) is 0 Å². The molecule has 0 unspecified atom stereocenters. The van der Waals surface area contributed by atoms with Crippen LogP contribution in [-0.2, 0) is 52.6 Å². The maximum atomic E-state index is 12.5. The molecule has 0 fully saturated rings. The van der Waals surface area contributed by atoms with E-state index in [1.165, 1.54) is 4.90 Å². The van der Waals surface area contributed by atoms with E-state index in [-0.39, 0.29) is 91.3 Å². The highest BCUT2D eigenvalue weighted by Crippen LogP contribution is 2.06. The molecule has 3 N–H and O–H groups in total. The summed E-state index contributed by atoms with van der Waals surface area (Å²) >= 11 is 0. The summed E-state index contributed by atoms with van der Waals surface area (Å²) in [7, 11) is 0. The number of esters is 3. The molecule has 0 rings (SSSR count). The molecule has 0 atom stereocenters. The van der Waals surface area contributed by atoms with Gasteiger partial charge in [-0.1, -0.05) is 47.0 Å². The number of unbranched alkanes of at least 4 members (excludes halogenated alkanes) is 4. The molecule has 0 aromatic rings. The molecule has 0 saturated carbocycles. The molecule has 0 saturated heterocycles. The Morgan fingerprint density at radius 2 is 0.755 bits per heavy atom. The van der Waals surface area contributed by atoms with Gasteiger partial charge in [-0.3, -0.25) is 48.2 Å². The van der Waals surface area contributed by atoms with Crippen LogP contribution in [0.25, 0.3) is 0 Å². The summed E-state index contributed by atoms with van der Waals surface area (Å²) in [6.45, 7) is 8.33. The molecule has 18 heteroatoms. The van der Waals surface area contributed by atoms with Crippen molar-refractivity contribution in [1.29, 1.82) is 0 Å². The molecule has 0 spiro atoms. The molecule has 53 heavy (non-hydrogen) atoms. The number of carbonyl (C=O) groups is 8. The van der Waals surface area contributed by atoms with Gasteiger partial charge in [0, 0.05) is 39.0 Å². The van der Waals surface area contributed by atoms with E-state index in [0.29, 0.717) is 12.8 Å². The van der Waals surface area contributed by atoms with Gasteiger partial charge in [-0.2, -0.15) is 0 Å². The van der Waals surface area contributed by atoms with Crippen LogP contribution in [-0.4, -0.2) is 168 Å². The third kappa shape index (κ3) is 31.0. The quantitative estimate of drug-likeness (QED) is 0.0561. The molecule has 0 aromatic heterocycles. The van der Waals surface area contributed by atoms with Crippen molar-refractivity contribution >= 4 is 47.6 Å². The molecule has 0 heterocycles. The number of rotatable bonds is 29. The highest BCUT2D eigenvalue weighted by molar-refractivity contribution is 5.82. The van der Waals surface area contributed by atoms with Crippen molar-refractivity contribution in [3.8, 4) is 0 Å². The Labute approximate surface area is 313 Å². The first-order chi connectivity index (χ1) is 24.6. The average molecular weight is 765 g/mol. The Hall–Kier alpha value is -4.32. The largest absolute Gasteiger partial charge is 0.480 e. The van der Waals surface area contributed by atoms with E-state index < -0.39 is 55.5 Å². The topological polar surface area (TPSA) is 238 Å². The minimum Gasteiger partial charge on any atom is -0.480 e. The van der Waals surface area contributed by atoms with Gasteiger partial charge in [0.15, 0.2) is 0 Å². The molecule has 0 radical (unpaired) electrons. The molecule has 0 aliphatic carbocycles. The molecular formula is C35H64N4O14. The highest BCUT2D eigenvalue weighted by Gasteiger charge is 2.22. The Morgan fingerprint density at radius 3 is 1.08 bits per heavy atom. The zero-order valence-corrected chi connectivity index (χ0v) is 31.5. The van der Waals surface area contributed by atoms with Crippen LogP contribution in [0, 0.1) is 0 Å². The highest BCUT2D eigenvalue weighted by atomic mass is 16.5. The van der Waals surface area contributed by atoms with E-state index in [1.807, 2.05) is 13.8 Å². The maximum absolute atomic E-state index is 12.5. The molecule has 0 bridgehead atoms. The maximum Gasteiger partial charge on any atom is 0.325 e. The Kier molecular flexibility index (Phi) is 33.5. The summed E-state index contributed by atoms with van der Waals surface area (Å²) < 4.78 is 14.8. The van der Waals surface area contributed by atoms with Gasteiger partial charge in [-0.15, -0.1) is 0 Å². The molecule has 2 amide bonds. The normalized spacial score (nSPS) is 10.3. The van der Waals surface area contributed by atoms with Gasteiger partial charge in [0.2, 0.25) is 11.8 Å². The molecule has 0 aromatic carbocycles. The van der Waals surface area contributed by atoms with Crippen LogP contribution >= 0.6 is 0 Å². The lowest BCUT2D eigenvalue weighted by Gasteiger charge is -2.26. The smallest absolute Gasteiger partial charge is 0.325 e. The molecule has 0 aliphatic heterocycles. The first-order valence-corrected chi connectivity index (χ1v) is 17.8. The number of ether oxygens (including phenoxy) is 3. The van der Waals surface area contributed by atoms with Gasteiger partial charge in [-0.05, 0) is 33.6 Å². The van der Waals surface area contributed by atoms with Gasteiger partial charge < -0.3 is 39.3 Å². The van der Waals surface area contributed by atoms with E-state index in [1.54, 1.807) is 25.7 Å². The van der Waals surface area contributed by atoms with Gasteiger partial charge in [0.05, 0.1) is 46.0 Å². The molecule has 18 nitrogen and oxygen atoms in total. The van der Waals surface area contributed by atoms with Gasteiger partial charge in [0.25, 0.3) is 0 Å². The lowest BCUT2D eigenvalue weighted by atomic mass is 10.2. The minimum atomic E-state index is -1.19. The standard InChI is InChI=1S/C20H36N2O7.C14H24N2O7.CH4/c1-5-9-10-11-17(23)22(16-20(26)29-8-4)13-12-21(14-18(24)27-6-2)15-19(25)28-7-3;1-2-3-4-5-11(17)16(10-14(22)23)7-6-15(8-12(18)19)9-13(20)21;/h5-16H2,1-4H3;2-10H2,1H3,(H,18,19)(H,20,21)(H,22,23);1H4. The first-order valence-electron chi connectivity index (χ1n) is 17.8. The zero-order chi connectivity index (χ0) is 39.9. The summed E-state index contributed by atoms with van der Waals surface area (Å²) in [5.74, 6) is -5.46. The number of carboxylic acids is 3. The lowest BCUT2D eigenvalue weighted by Crippen LogP contribution is -2.44. The van der Waals surface area contributed by atoms with Gasteiger partial charge in [0.1, 0.15) is 13.1 Å². The van der Waals surface area contributed by atoms with Crippen LogP contribution in [0.2, 0.25) is 0 Å². The summed E-state index contributed by atoms with van der Waals surface area (Å²) in [5.41, 5.74) is 0. The number of aliphatic carboxylic acids is 3. The fraction of sp³-hybridized carbons (Fsp3) is 0.771. The fourth-order valence-corrected chi connectivity index (χ4v) is 4.59. The van der Waals surface area contributed by atoms with Crippen molar-refractivity contribution in [2.75, 3.05) is 85.3 Å². The van der Waals surface area contributed by atoms with Crippen LogP contribution in [0.3, 0.4) is 0 Å². The Balaban J connectivity index is -0.000000950. The van der Waals surface area contributed by atoms with Crippen molar-refractivity contribution in [3.05, 3.63) is 0 Å². The van der Waals surface area contributed by atoms with Crippen molar-refractivity contribution in [2.24, 2.45) is 0 Å². The van der Waals surface area contributed by atoms with Crippen molar-refractivity contribution in [1.82, 2.24) is 19.6 Å². The third-order valence-electron chi connectivity index (χ3n) is 7.05. The molecular weight excluding hydrogens is 700 g/mol. The molecule has 308 valence electrons. The van der Waals surface area contributed by atoms with Crippen molar-refractivity contribution in [2.45, 2.75) is 93.4 Å². The van der Waals surface area contributed by atoms with E-state index in [9.17, 15) is 38.4 Å². The second-order valence-electron chi connectivity index (χ2n) is 11.6. The number of amides is 2. The average Bonchev–Trinajstić information content (AvgIpc) is 3.04. The predicted molar refractivity (Wildman–Crippen MR) is 194 cm³/mol. The zero-order valence-electron chi connectivity index (χ0n) is 31.5. The van der Waals surface area contributed by atoms with E-state index in [0.717, 1.165) is 41.9 Å². The van der Waals surface area contributed by atoms with E-state index in [4.69, 9.17) is 29.5 Å². The second kappa shape index (κ2) is 33.5. The van der Waals surface area contributed by atoms with Crippen molar-refractivity contribution < 1.29 is 67.9 Å². The van der Waals surface area contributed by atoms with Gasteiger partial charge >= 0.3 is 35.8 Å². The predicted octanol–water partition coefficient (Wildman–Crippen LogP) is 1.97. The summed E-state index contributed by atoms with van der Waals surface area (Å²) in [6, 6.07) is 0. The van der Waals surface area contributed by atoms with Crippen LogP contribution < -0.4 is 0 Å². The molecule has 0 aliphatic rings. The second-order valence-corrected chi connectivity index (χ2v) is 11.6. The number of carbonyl (C=O) groups excluding carboxylic acids is 5. The van der Waals surface area contributed by atoms with Crippen LogP contribution in [0.4, 0.5) is 0 Å². The third-order valence-corrected chi connectivity index (χ3v) is 7.05. The number of nitrogens with zero attached hydrogens (tertiary/aromatic N) is 4. The van der Waals surface area contributed by atoms with E-state index in [2.05, 4.69) is 0 Å². The summed E-state index contributed by atoms with van der Waals surface area (Å²) in [4.78, 5) is 97.6. The Morgan fingerprint density at radius 1 is 0.434 bits per heavy atom. The fourth-order valence-electron chi connectivity index (χ4n) is 4.59. The lowest BCUT2D eigenvalue weighted by molar-refractivity contribution is -0.151. The van der Waals surface area contributed by atoms with Crippen LogP contribution in [0.5, 0.6) is 0 Å². The monoisotopic (exact) mass is 764 g/mol. The van der Waals surface area contributed by atoms with Crippen molar-refractivity contribution in [3.63, 3.8) is 0 Å². The van der Waals surface area contributed by atoms with Gasteiger partial charge in [-0.25, -0.2) is 0 Å². The first kappa shape index (κ1) is 53.0. The number of carboxylic acid groups (broad SMARTS) is 3.